The molecule has 0 aromatic heterocycles. The van der Waals surface area contributed by atoms with Crippen molar-refractivity contribution in [2.45, 2.75) is 31.9 Å². The van der Waals surface area contributed by atoms with Gasteiger partial charge in [-0.05, 0) is 42.2 Å². The first kappa shape index (κ1) is 20.0. The van der Waals surface area contributed by atoms with Gasteiger partial charge < -0.3 is 24.2 Å². The van der Waals surface area contributed by atoms with E-state index in [0.29, 0.717) is 37.5 Å². The molecule has 0 spiro atoms. The summed E-state index contributed by atoms with van der Waals surface area (Å²) in [5.74, 6) is 1.26. The molecule has 3 rings (SSSR count). The Bertz CT molecular complexity index is 808. The average molecular weight is 385 g/mol. The Kier molecular flexibility index (Phi) is 6.41. The maximum Gasteiger partial charge on any atom is 0.410 e. The van der Waals surface area contributed by atoms with E-state index in [1.165, 1.54) is 0 Å². The number of methoxy groups -OCH3 is 2. The zero-order valence-electron chi connectivity index (χ0n) is 16.6. The number of aliphatic hydroxyl groups is 1. The summed E-state index contributed by atoms with van der Waals surface area (Å²) in [6.45, 7) is 2.62. The van der Waals surface area contributed by atoms with Crippen LogP contribution in [0.1, 0.15) is 42.2 Å². The highest BCUT2D eigenvalue weighted by molar-refractivity contribution is 5.69. The van der Waals surface area contributed by atoms with Crippen LogP contribution in [0.15, 0.2) is 42.5 Å². The van der Waals surface area contributed by atoms with Gasteiger partial charge in [0.25, 0.3) is 0 Å². The summed E-state index contributed by atoms with van der Waals surface area (Å²) in [4.78, 5) is 14.3. The van der Waals surface area contributed by atoms with Gasteiger partial charge in [-0.25, -0.2) is 4.79 Å². The smallest absolute Gasteiger partial charge is 0.410 e. The van der Waals surface area contributed by atoms with Crippen molar-refractivity contribution in [3.05, 3.63) is 59.2 Å². The Hall–Kier alpha value is -2.73. The zero-order chi connectivity index (χ0) is 20.1. The van der Waals surface area contributed by atoms with Crippen molar-refractivity contribution in [1.82, 2.24) is 4.90 Å². The Morgan fingerprint density at radius 3 is 2.50 bits per heavy atom. The number of ether oxygens (including phenoxy) is 3. The van der Waals surface area contributed by atoms with E-state index in [-0.39, 0.29) is 12.1 Å². The fraction of sp³-hybridized carbons (Fsp3) is 0.409. The van der Waals surface area contributed by atoms with Crippen molar-refractivity contribution in [2.75, 3.05) is 27.4 Å². The number of rotatable bonds is 6. The van der Waals surface area contributed by atoms with E-state index in [1.807, 2.05) is 42.5 Å². The molecule has 150 valence electrons. The lowest BCUT2D eigenvalue weighted by Crippen LogP contribution is -2.41. The maximum absolute atomic E-state index is 12.6. The lowest BCUT2D eigenvalue weighted by molar-refractivity contribution is 0.0644. The Morgan fingerprint density at radius 2 is 1.86 bits per heavy atom. The van der Waals surface area contributed by atoms with E-state index in [4.69, 9.17) is 14.2 Å². The second-order valence-electron chi connectivity index (χ2n) is 6.73. The number of nitrogens with zero attached hydrogens (tertiary/aromatic N) is 1. The highest BCUT2D eigenvalue weighted by atomic mass is 16.6. The Labute approximate surface area is 165 Å². The molecule has 1 aliphatic rings. The largest absolute Gasteiger partial charge is 0.493 e. The second kappa shape index (κ2) is 8.97. The molecule has 6 heteroatoms. The van der Waals surface area contributed by atoms with Gasteiger partial charge in [0.2, 0.25) is 0 Å². The fourth-order valence-electron chi connectivity index (χ4n) is 3.73. The molecule has 0 saturated carbocycles. The van der Waals surface area contributed by atoms with E-state index in [1.54, 1.807) is 26.0 Å². The van der Waals surface area contributed by atoms with Crippen LogP contribution in [0.25, 0.3) is 0 Å². The molecule has 0 radical (unpaired) electrons. The summed E-state index contributed by atoms with van der Waals surface area (Å²) in [5, 5.41) is 10.8. The van der Waals surface area contributed by atoms with Crippen molar-refractivity contribution >= 4 is 6.09 Å². The van der Waals surface area contributed by atoms with E-state index in [0.717, 1.165) is 16.7 Å². The Morgan fingerprint density at radius 1 is 1.18 bits per heavy atom. The molecule has 2 aromatic carbocycles. The van der Waals surface area contributed by atoms with Crippen LogP contribution in [0.3, 0.4) is 0 Å². The summed E-state index contributed by atoms with van der Waals surface area (Å²) < 4.78 is 16.1. The molecule has 6 nitrogen and oxygen atoms in total. The highest BCUT2D eigenvalue weighted by Gasteiger charge is 2.34. The standard InChI is InChI=1S/C22H27NO5/c1-4-28-22(25)23-11-10-16-12-20(26-2)21(27-3)13-17(16)18(23)14-19(24)15-8-6-5-7-9-15/h5-9,12-13,18-19,24H,4,10-11,14H2,1-3H3/t18-,19+/m0/s1. The lowest BCUT2D eigenvalue weighted by atomic mass is 9.87. The summed E-state index contributed by atoms with van der Waals surface area (Å²) in [6, 6.07) is 13.0. The molecule has 1 N–H and O–H groups in total. The minimum Gasteiger partial charge on any atom is -0.493 e. The Balaban J connectivity index is 1.99. The number of benzene rings is 2. The molecule has 1 amide bonds. The molecule has 0 saturated heterocycles. The van der Waals surface area contributed by atoms with Crippen molar-refractivity contribution in [1.29, 1.82) is 0 Å². The first-order valence-electron chi connectivity index (χ1n) is 9.50. The topological polar surface area (TPSA) is 68.2 Å². The van der Waals surface area contributed by atoms with Crippen LogP contribution in [0, 0.1) is 0 Å². The number of carbonyl (C=O) groups excluding carboxylic acids is 1. The predicted molar refractivity (Wildman–Crippen MR) is 106 cm³/mol. The van der Waals surface area contributed by atoms with Crippen molar-refractivity contribution in [3.8, 4) is 11.5 Å². The third-order valence-corrected chi connectivity index (χ3v) is 5.14. The van der Waals surface area contributed by atoms with Crippen LogP contribution in [-0.4, -0.2) is 43.5 Å². The van der Waals surface area contributed by atoms with Crippen LogP contribution in [0.4, 0.5) is 4.79 Å². The molecule has 2 atom stereocenters. The number of hydrogen-bond acceptors (Lipinski definition) is 5. The van der Waals surface area contributed by atoms with Crippen molar-refractivity contribution in [2.24, 2.45) is 0 Å². The quantitative estimate of drug-likeness (QED) is 0.817. The van der Waals surface area contributed by atoms with Gasteiger partial charge in [-0.2, -0.15) is 0 Å². The van der Waals surface area contributed by atoms with Gasteiger partial charge >= 0.3 is 6.09 Å². The van der Waals surface area contributed by atoms with Gasteiger partial charge in [-0.3, -0.25) is 0 Å². The summed E-state index contributed by atoms with van der Waals surface area (Å²) in [7, 11) is 3.19. The first-order valence-corrected chi connectivity index (χ1v) is 9.50. The van der Waals surface area contributed by atoms with Crippen LogP contribution in [0.2, 0.25) is 0 Å². The van der Waals surface area contributed by atoms with Crippen LogP contribution >= 0.6 is 0 Å². The van der Waals surface area contributed by atoms with E-state index < -0.39 is 6.10 Å². The number of aliphatic hydroxyl groups excluding tert-OH is 1. The molecular weight excluding hydrogens is 358 g/mol. The van der Waals surface area contributed by atoms with Gasteiger partial charge in [0, 0.05) is 13.0 Å². The summed E-state index contributed by atoms with van der Waals surface area (Å²) in [5.41, 5.74) is 2.86. The second-order valence-corrected chi connectivity index (χ2v) is 6.73. The molecule has 0 fully saturated rings. The monoisotopic (exact) mass is 385 g/mol. The van der Waals surface area contributed by atoms with E-state index >= 15 is 0 Å². The zero-order valence-corrected chi connectivity index (χ0v) is 16.6. The average Bonchev–Trinajstić information content (AvgIpc) is 2.73. The van der Waals surface area contributed by atoms with Crippen molar-refractivity contribution < 1.29 is 24.1 Å². The third kappa shape index (κ3) is 4.07. The van der Waals surface area contributed by atoms with Gasteiger partial charge in [0.05, 0.1) is 33.0 Å². The number of carbonyl (C=O) groups is 1. The molecule has 28 heavy (non-hydrogen) atoms. The fourth-order valence-corrected chi connectivity index (χ4v) is 3.73. The molecule has 0 aliphatic carbocycles. The SMILES string of the molecule is CCOC(=O)N1CCc2cc(OC)c(OC)cc2[C@@H]1C[C@@H](O)c1ccccc1. The first-order chi connectivity index (χ1) is 13.6. The number of amides is 1. The van der Waals surface area contributed by atoms with Gasteiger partial charge in [0.15, 0.2) is 11.5 Å². The predicted octanol–water partition coefficient (Wildman–Crippen LogP) is 3.88. The highest BCUT2D eigenvalue weighted by Crippen LogP contribution is 2.41. The summed E-state index contributed by atoms with van der Waals surface area (Å²) in [6.07, 6.45) is -0.0204. The van der Waals surface area contributed by atoms with E-state index in [2.05, 4.69) is 0 Å². The summed E-state index contributed by atoms with van der Waals surface area (Å²) >= 11 is 0. The van der Waals surface area contributed by atoms with Crippen LogP contribution in [0.5, 0.6) is 11.5 Å². The van der Waals surface area contributed by atoms with Gasteiger partial charge in [-0.1, -0.05) is 30.3 Å². The number of fused-ring (bicyclic) bond motifs is 1. The van der Waals surface area contributed by atoms with Gasteiger partial charge in [-0.15, -0.1) is 0 Å². The van der Waals surface area contributed by atoms with Crippen LogP contribution < -0.4 is 9.47 Å². The molecule has 0 bridgehead atoms. The molecular formula is C22H27NO5. The molecule has 0 unspecified atom stereocenters. The van der Waals surface area contributed by atoms with Gasteiger partial charge in [0.1, 0.15) is 0 Å². The molecule has 2 aromatic rings. The molecule has 1 heterocycles. The minimum atomic E-state index is -0.706. The minimum absolute atomic E-state index is 0.308. The normalized spacial score (nSPS) is 16.9. The van der Waals surface area contributed by atoms with Crippen molar-refractivity contribution in [3.63, 3.8) is 0 Å². The van der Waals surface area contributed by atoms with E-state index in [9.17, 15) is 9.90 Å². The third-order valence-electron chi connectivity index (χ3n) is 5.14. The van der Waals surface area contributed by atoms with Crippen LogP contribution in [-0.2, 0) is 11.2 Å². The number of hydrogen-bond donors (Lipinski definition) is 1. The maximum atomic E-state index is 12.6. The lowest BCUT2D eigenvalue weighted by Gasteiger charge is -2.38. The molecule has 1 aliphatic heterocycles.